The Morgan fingerprint density at radius 3 is 2.56 bits per heavy atom. The summed E-state index contributed by atoms with van der Waals surface area (Å²) in [6.45, 7) is 0.424. The van der Waals surface area contributed by atoms with E-state index in [1.54, 1.807) is 7.05 Å². The average molecular weight is 254 g/mol. The molecule has 2 N–H and O–H groups in total. The fourth-order valence-electron chi connectivity index (χ4n) is 2.64. The molecule has 2 amide bonds. The zero-order valence-corrected chi connectivity index (χ0v) is 10.4. The van der Waals surface area contributed by atoms with Crippen LogP contribution in [0.5, 0.6) is 0 Å². The first-order chi connectivity index (χ1) is 8.42. The lowest BCUT2D eigenvalue weighted by Gasteiger charge is -2.42. The summed E-state index contributed by atoms with van der Waals surface area (Å²) < 4.78 is 0. The van der Waals surface area contributed by atoms with Crippen LogP contribution in [0.1, 0.15) is 32.1 Å². The molecule has 0 aromatic rings. The third-order valence-electron chi connectivity index (χ3n) is 3.90. The van der Waals surface area contributed by atoms with Gasteiger partial charge in [0.15, 0.2) is 0 Å². The number of nitrogens with one attached hydrogen (secondary N) is 1. The van der Waals surface area contributed by atoms with E-state index in [9.17, 15) is 14.4 Å². The molecule has 6 nitrogen and oxygen atoms in total. The van der Waals surface area contributed by atoms with Crippen LogP contribution in [-0.2, 0) is 14.4 Å². The van der Waals surface area contributed by atoms with Crippen molar-refractivity contribution in [2.75, 3.05) is 13.6 Å². The molecule has 1 aliphatic heterocycles. The summed E-state index contributed by atoms with van der Waals surface area (Å²) >= 11 is 0. The van der Waals surface area contributed by atoms with Crippen LogP contribution in [-0.4, -0.2) is 46.9 Å². The Morgan fingerprint density at radius 1 is 1.50 bits per heavy atom. The smallest absolute Gasteiger partial charge is 0.305 e. The highest BCUT2D eigenvalue weighted by molar-refractivity contribution is 5.89. The van der Waals surface area contributed by atoms with Crippen LogP contribution in [0.25, 0.3) is 0 Å². The van der Waals surface area contributed by atoms with Gasteiger partial charge in [-0.1, -0.05) is 0 Å². The van der Waals surface area contributed by atoms with Crippen molar-refractivity contribution in [2.45, 2.75) is 37.6 Å². The highest BCUT2D eigenvalue weighted by atomic mass is 16.4. The molecule has 1 unspecified atom stereocenters. The van der Waals surface area contributed by atoms with Gasteiger partial charge in [0.1, 0.15) is 0 Å². The minimum atomic E-state index is -0.894. The molecule has 100 valence electrons. The maximum Gasteiger partial charge on any atom is 0.305 e. The van der Waals surface area contributed by atoms with Crippen LogP contribution >= 0.6 is 0 Å². The summed E-state index contributed by atoms with van der Waals surface area (Å²) in [4.78, 5) is 35.7. The maximum absolute atomic E-state index is 12.0. The largest absolute Gasteiger partial charge is 0.481 e. The van der Waals surface area contributed by atoms with Gasteiger partial charge in [0.05, 0.1) is 17.9 Å². The third kappa shape index (κ3) is 2.47. The Morgan fingerprint density at radius 2 is 2.17 bits per heavy atom. The Bertz CT molecular complexity index is 390. The zero-order chi connectivity index (χ0) is 13.3. The van der Waals surface area contributed by atoms with Crippen LogP contribution in [0.15, 0.2) is 0 Å². The lowest BCUT2D eigenvalue weighted by molar-refractivity contribution is -0.141. The predicted octanol–water partition coefficient (Wildman–Crippen LogP) is -0.0217. The number of amides is 2. The van der Waals surface area contributed by atoms with Crippen molar-refractivity contribution in [3.05, 3.63) is 0 Å². The number of carboxylic acids is 1. The molecule has 1 heterocycles. The lowest BCUT2D eigenvalue weighted by Crippen LogP contribution is -2.56. The predicted molar refractivity (Wildman–Crippen MR) is 62.7 cm³/mol. The number of hydrogen-bond donors (Lipinski definition) is 2. The number of carboxylic acid groups (broad SMARTS) is 1. The van der Waals surface area contributed by atoms with Gasteiger partial charge in [-0.2, -0.15) is 0 Å². The summed E-state index contributed by atoms with van der Waals surface area (Å²) in [6, 6.07) is 0. The molecule has 18 heavy (non-hydrogen) atoms. The van der Waals surface area contributed by atoms with Crippen molar-refractivity contribution in [3.8, 4) is 0 Å². The minimum Gasteiger partial charge on any atom is -0.481 e. The number of carbonyl (C=O) groups is 3. The molecule has 2 rings (SSSR count). The number of likely N-dealkylation sites (tertiary alicyclic amines) is 1. The number of aliphatic carboxylic acids is 1. The number of carbonyl (C=O) groups excluding carboxylic acids is 2. The van der Waals surface area contributed by atoms with Crippen molar-refractivity contribution in [1.29, 1.82) is 0 Å². The molecule has 1 aliphatic carbocycles. The van der Waals surface area contributed by atoms with E-state index in [1.165, 1.54) is 4.90 Å². The topological polar surface area (TPSA) is 86.7 Å². The molecule has 0 aromatic heterocycles. The summed E-state index contributed by atoms with van der Waals surface area (Å²) in [6.07, 6.45) is 2.56. The summed E-state index contributed by atoms with van der Waals surface area (Å²) in [7, 11) is 1.67. The zero-order valence-electron chi connectivity index (χ0n) is 10.4. The molecular weight excluding hydrogens is 236 g/mol. The number of nitrogens with zero attached hydrogens (tertiary/aromatic N) is 1. The number of hydrogen-bond acceptors (Lipinski definition) is 3. The second-order valence-corrected chi connectivity index (χ2v) is 5.37. The van der Waals surface area contributed by atoms with E-state index < -0.39 is 11.5 Å². The molecular formula is C12H18N2O4. The Kier molecular flexibility index (Phi) is 3.28. The van der Waals surface area contributed by atoms with Crippen LogP contribution in [0.2, 0.25) is 0 Å². The highest BCUT2D eigenvalue weighted by Gasteiger charge is 2.42. The van der Waals surface area contributed by atoms with Crippen LogP contribution in [0, 0.1) is 5.92 Å². The SMILES string of the molecule is CN1CC(C(=O)NC2(CC(=O)O)CCC2)CC1=O. The van der Waals surface area contributed by atoms with Gasteiger partial charge in [0.2, 0.25) is 11.8 Å². The van der Waals surface area contributed by atoms with Gasteiger partial charge in [0, 0.05) is 20.0 Å². The third-order valence-corrected chi connectivity index (χ3v) is 3.90. The Balaban J connectivity index is 1.94. The maximum atomic E-state index is 12.0. The van der Waals surface area contributed by atoms with Gasteiger partial charge in [-0.25, -0.2) is 0 Å². The van der Waals surface area contributed by atoms with Gasteiger partial charge in [-0.05, 0) is 19.3 Å². The van der Waals surface area contributed by atoms with Crippen molar-refractivity contribution in [2.24, 2.45) is 5.92 Å². The minimum absolute atomic E-state index is 0.0314. The highest BCUT2D eigenvalue weighted by Crippen LogP contribution is 2.35. The standard InChI is InChI=1S/C12H18N2O4/c1-14-7-8(5-9(14)15)11(18)13-12(3-2-4-12)6-10(16)17/h8H,2-7H2,1H3,(H,13,18)(H,16,17). The molecule has 0 bridgehead atoms. The molecule has 1 saturated carbocycles. The van der Waals surface area contributed by atoms with Crippen molar-refractivity contribution >= 4 is 17.8 Å². The van der Waals surface area contributed by atoms with Gasteiger partial charge in [-0.15, -0.1) is 0 Å². The average Bonchev–Trinajstić information content (AvgIpc) is 2.55. The van der Waals surface area contributed by atoms with E-state index in [4.69, 9.17) is 5.11 Å². The quantitative estimate of drug-likeness (QED) is 0.738. The van der Waals surface area contributed by atoms with Crippen molar-refractivity contribution in [1.82, 2.24) is 10.2 Å². The van der Waals surface area contributed by atoms with Crippen LogP contribution < -0.4 is 5.32 Å². The summed E-state index contributed by atoms with van der Waals surface area (Å²) in [5.74, 6) is -1.45. The van der Waals surface area contributed by atoms with Crippen LogP contribution in [0.3, 0.4) is 0 Å². The first-order valence-corrected chi connectivity index (χ1v) is 6.20. The van der Waals surface area contributed by atoms with Crippen molar-refractivity contribution in [3.63, 3.8) is 0 Å². The van der Waals surface area contributed by atoms with E-state index in [1.807, 2.05) is 0 Å². The van der Waals surface area contributed by atoms with Gasteiger partial charge in [-0.3, -0.25) is 14.4 Å². The fraction of sp³-hybridized carbons (Fsp3) is 0.750. The molecule has 2 aliphatic rings. The van der Waals surface area contributed by atoms with Crippen LogP contribution in [0.4, 0.5) is 0 Å². The normalized spacial score (nSPS) is 25.7. The van der Waals surface area contributed by atoms with E-state index in [-0.39, 0.29) is 30.6 Å². The number of rotatable bonds is 4. The molecule has 1 saturated heterocycles. The molecule has 6 heteroatoms. The molecule has 1 atom stereocenters. The molecule has 2 fully saturated rings. The second kappa shape index (κ2) is 4.59. The first kappa shape index (κ1) is 12.9. The fourth-order valence-corrected chi connectivity index (χ4v) is 2.64. The van der Waals surface area contributed by atoms with Gasteiger partial charge in [0.25, 0.3) is 0 Å². The Hall–Kier alpha value is -1.59. The monoisotopic (exact) mass is 254 g/mol. The summed E-state index contributed by atoms with van der Waals surface area (Å²) in [5, 5.41) is 11.7. The van der Waals surface area contributed by atoms with E-state index in [2.05, 4.69) is 5.32 Å². The van der Waals surface area contributed by atoms with E-state index >= 15 is 0 Å². The first-order valence-electron chi connectivity index (χ1n) is 6.20. The Labute approximate surface area is 105 Å². The second-order valence-electron chi connectivity index (χ2n) is 5.37. The summed E-state index contributed by atoms with van der Waals surface area (Å²) in [5.41, 5.74) is -0.576. The molecule has 0 spiro atoms. The van der Waals surface area contributed by atoms with Crippen molar-refractivity contribution < 1.29 is 19.5 Å². The lowest BCUT2D eigenvalue weighted by atomic mass is 9.74. The molecule has 0 aromatic carbocycles. The van der Waals surface area contributed by atoms with Gasteiger partial charge >= 0.3 is 5.97 Å². The van der Waals surface area contributed by atoms with E-state index in [0.29, 0.717) is 19.4 Å². The van der Waals surface area contributed by atoms with E-state index in [0.717, 1.165) is 6.42 Å². The van der Waals surface area contributed by atoms with Gasteiger partial charge < -0.3 is 15.3 Å². The molecule has 0 radical (unpaired) electrons.